The number of hydrogen-bond donors (Lipinski definition) is 4. The number of aromatic nitrogens is 1. The molecule has 5 amide bonds. The first kappa shape index (κ1) is 44.9. The van der Waals surface area contributed by atoms with Crippen molar-refractivity contribution < 1.29 is 37.7 Å². The fourth-order valence-corrected chi connectivity index (χ4v) is 8.34. The summed E-state index contributed by atoms with van der Waals surface area (Å²) in [6, 6.07) is 2.96. The van der Waals surface area contributed by atoms with Gasteiger partial charge in [0.15, 0.2) is 0 Å². The highest BCUT2D eigenvalue weighted by atomic mass is 32.2. The van der Waals surface area contributed by atoms with E-state index in [9.17, 15) is 28.2 Å². The maximum atomic E-state index is 14.1. The van der Waals surface area contributed by atoms with Gasteiger partial charge in [0.1, 0.15) is 17.0 Å². The predicted octanol–water partition coefficient (Wildman–Crippen LogP) is 1.33. The molecule has 1 aliphatic heterocycles. The highest BCUT2D eigenvalue weighted by molar-refractivity contribution is 7.84. The summed E-state index contributed by atoms with van der Waals surface area (Å²) >= 11 is 0. The third kappa shape index (κ3) is 12.3. The second kappa shape index (κ2) is 21.6. The molecule has 1 aromatic heterocycles. The Labute approximate surface area is 323 Å². The van der Waals surface area contributed by atoms with Crippen LogP contribution in [0.3, 0.4) is 0 Å². The first-order valence-electron chi connectivity index (χ1n) is 19.2. The lowest BCUT2D eigenvalue weighted by Crippen LogP contribution is -2.56. The summed E-state index contributed by atoms with van der Waals surface area (Å²) in [5.74, 6) is -2.50. The monoisotopic (exact) mass is 777 g/mol. The van der Waals surface area contributed by atoms with Gasteiger partial charge in [-0.25, -0.2) is 4.21 Å². The summed E-state index contributed by atoms with van der Waals surface area (Å²) in [5, 5.41) is 8.50. The number of ether oxygens (including phenoxy) is 2. The van der Waals surface area contributed by atoms with E-state index in [1.165, 1.54) is 14.2 Å². The van der Waals surface area contributed by atoms with Gasteiger partial charge in [-0.1, -0.05) is 47.1 Å². The first-order valence-corrected chi connectivity index (χ1v) is 20.4. The highest BCUT2D eigenvalue weighted by Gasteiger charge is 2.43. The van der Waals surface area contributed by atoms with Crippen LogP contribution in [-0.4, -0.2) is 132 Å². The largest absolute Gasteiger partial charge is 0.379 e. The quantitative estimate of drug-likeness (QED) is 0.134. The van der Waals surface area contributed by atoms with Crippen LogP contribution >= 0.6 is 0 Å². The van der Waals surface area contributed by atoms with Crippen molar-refractivity contribution in [2.75, 3.05) is 41.4 Å². The Balaban J connectivity index is 1.72. The maximum Gasteiger partial charge on any atom is 0.254 e. The van der Waals surface area contributed by atoms with Gasteiger partial charge in [0.05, 0.1) is 54.5 Å². The van der Waals surface area contributed by atoms with Crippen molar-refractivity contribution in [1.82, 2.24) is 35.5 Å². The molecule has 2 fully saturated rings. The molecule has 2 aliphatic rings. The average molecular weight is 778 g/mol. The zero-order valence-corrected chi connectivity index (χ0v) is 34.3. The molecule has 9 atom stereocenters. The smallest absolute Gasteiger partial charge is 0.254 e. The van der Waals surface area contributed by atoms with Gasteiger partial charge in [-0.2, -0.15) is 0 Å². The number of likely N-dealkylation sites (N-methyl/N-ethyl adjacent to an activating group) is 2. The molecule has 1 aromatic rings. The standard InChI is InChI=1S/C38H63N7O8S/c1-10-24(4)34(44(7)32(47)22-41-38(50)33(39-6)23(2)3)30(52-8)21-31(46)45-19-13-15-29(45)35(53-9)25(5)36(48)42-28(20-26-14-11-12-18-40-26)37(49)43-54(51)27-16-17-27/h11-12,14,18,23-25,27-30,33-35,39H,10,13,15-17,19-22H2,1-9H3,(H,41,50)(H,42,48)(H,43,49)/t24?,25?,28?,29?,30-,33?,34?,35?,54?/m1/s1. The maximum absolute atomic E-state index is 14.1. The van der Waals surface area contributed by atoms with Gasteiger partial charge in [0, 0.05) is 46.1 Å². The number of nitrogens with one attached hydrogen (secondary N) is 4. The number of carbonyl (C=O) groups excluding carboxylic acids is 5. The van der Waals surface area contributed by atoms with Crippen LogP contribution in [-0.2, 0) is 50.9 Å². The normalized spacial score (nSPS) is 20.2. The van der Waals surface area contributed by atoms with E-state index in [0.29, 0.717) is 25.1 Å². The fraction of sp³-hybridized carbons (Fsp3) is 0.737. The van der Waals surface area contributed by atoms with E-state index < -0.39 is 65.1 Å². The van der Waals surface area contributed by atoms with Crippen LogP contribution in [0.15, 0.2) is 24.4 Å². The van der Waals surface area contributed by atoms with E-state index in [1.54, 1.807) is 55.2 Å². The Hall–Kier alpha value is -3.47. The molecule has 8 unspecified atom stereocenters. The van der Waals surface area contributed by atoms with E-state index in [2.05, 4.69) is 25.7 Å². The fourth-order valence-electron chi connectivity index (χ4n) is 7.27. The number of rotatable bonds is 22. The SMILES string of the molecule is CCC(C)C([C@@H](CC(=O)N1CCCC1C(OC)C(C)C(=O)NC(Cc1ccccn1)C(=O)NS(=O)C1CC1)OC)N(C)C(=O)CNC(=O)C(NC)C(C)C. The van der Waals surface area contributed by atoms with Gasteiger partial charge in [-0.15, -0.1) is 0 Å². The lowest BCUT2D eigenvalue weighted by molar-refractivity contribution is -0.146. The zero-order chi connectivity index (χ0) is 40.1. The van der Waals surface area contributed by atoms with Crippen molar-refractivity contribution in [3.63, 3.8) is 0 Å². The van der Waals surface area contributed by atoms with Crippen LogP contribution in [0, 0.1) is 17.8 Å². The van der Waals surface area contributed by atoms with Gasteiger partial charge >= 0.3 is 0 Å². The molecule has 1 saturated heterocycles. The van der Waals surface area contributed by atoms with E-state index in [4.69, 9.17) is 9.47 Å². The van der Waals surface area contributed by atoms with Crippen molar-refractivity contribution in [2.24, 2.45) is 17.8 Å². The lowest BCUT2D eigenvalue weighted by atomic mass is 9.90. The second-order valence-electron chi connectivity index (χ2n) is 14.9. The molecule has 3 rings (SSSR count). The molecule has 0 radical (unpaired) electrons. The van der Waals surface area contributed by atoms with Crippen LogP contribution in [0.5, 0.6) is 0 Å². The minimum absolute atomic E-state index is 0.0113. The summed E-state index contributed by atoms with van der Waals surface area (Å²) < 4.78 is 26.9. The van der Waals surface area contributed by atoms with Gasteiger partial charge in [-0.05, 0) is 56.7 Å². The number of amides is 5. The highest BCUT2D eigenvalue weighted by Crippen LogP contribution is 2.29. The van der Waals surface area contributed by atoms with Gasteiger partial charge in [0.2, 0.25) is 23.6 Å². The molecular formula is C38H63N7O8S. The third-order valence-corrected chi connectivity index (χ3v) is 12.3. The van der Waals surface area contributed by atoms with E-state index >= 15 is 0 Å². The molecule has 0 bridgehead atoms. The van der Waals surface area contributed by atoms with Crippen molar-refractivity contribution in [3.8, 4) is 0 Å². The number of likely N-dealkylation sites (tertiary alicyclic amines) is 1. The van der Waals surface area contributed by atoms with Crippen LogP contribution in [0.2, 0.25) is 0 Å². The topological polar surface area (TPSA) is 188 Å². The number of carbonyl (C=O) groups is 5. The summed E-state index contributed by atoms with van der Waals surface area (Å²) in [5.41, 5.74) is 0.590. The number of nitrogens with zero attached hydrogens (tertiary/aromatic N) is 3. The predicted molar refractivity (Wildman–Crippen MR) is 206 cm³/mol. The van der Waals surface area contributed by atoms with E-state index in [-0.39, 0.29) is 54.2 Å². The molecule has 0 spiro atoms. The lowest BCUT2D eigenvalue weighted by Gasteiger charge is -2.39. The number of methoxy groups -OCH3 is 2. The first-order chi connectivity index (χ1) is 25.7. The Morgan fingerprint density at radius 2 is 1.72 bits per heavy atom. The molecule has 0 aromatic carbocycles. The number of hydrogen-bond acceptors (Lipinski definition) is 10. The molecule has 2 heterocycles. The second-order valence-corrected chi connectivity index (χ2v) is 16.4. The van der Waals surface area contributed by atoms with Crippen LogP contribution in [0.25, 0.3) is 0 Å². The molecule has 16 heteroatoms. The summed E-state index contributed by atoms with van der Waals surface area (Å²) in [4.78, 5) is 74.9. The van der Waals surface area contributed by atoms with Crippen molar-refractivity contribution in [3.05, 3.63) is 30.1 Å². The van der Waals surface area contributed by atoms with Crippen LogP contribution in [0.4, 0.5) is 0 Å². The van der Waals surface area contributed by atoms with Crippen LogP contribution in [0.1, 0.15) is 78.8 Å². The Morgan fingerprint density at radius 1 is 1.02 bits per heavy atom. The molecule has 54 heavy (non-hydrogen) atoms. The molecule has 15 nitrogen and oxygen atoms in total. The van der Waals surface area contributed by atoms with Crippen molar-refractivity contribution in [1.29, 1.82) is 0 Å². The van der Waals surface area contributed by atoms with Crippen molar-refractivity contribution in [2.45, 2.75) is 121 Å². The molecule has 1 aliphatic carbocycles. The zero-order valence-electron chi connectivity index (χ0n) is 33.5. The van der Waals surface area contributed by atoms with Gasteiger partial charge in [-0.3, -0.25) is 33.7 Å². The third-order valence-electron chi connectivity index (χ3n) is 10.8. The average Bonchev–Trinajstić information content (AvgIpc) is 3.90. The molecule has 1 saturated carbocycles. The van der Waals surface area contributed by atoms with Crippen LogP contribution < -0.4 is 20.7 Å². The Morgan fingerprint density at radius 3 is 2.28 bits per heavy atom. The summed E-state index contributed by atoms with van der Waals surface area (Å²) in [6.07, 6.45) is 3.95. The number of pyridine rings is 1. The molecule has 304 valence electrons. The summed E-state index contributed by atoms with van der Waals surface area (Å²) in [7, 11) is 4.87. The minimum atomic E-state index is -1.53. The molecule has 4 N–H and O–H groups in total. The Kier molecular flexibility index (Phi) is 17.9. The van der Waals surface area contributed by atoms with Gasteiger partial charge in [0.25, 0.3) is 5.91 Å². The summed E-state index contributed by atoms with van der Waals surface area (Å²) in [6.45, 7) is 9.84. The van der Waals surface area contributed by atoms with Gasteiger partial charge < -0.3 is 35.2 Å². The Bertz CT molecular complexity index is 1430. The van der Waals surface area contributed by atoms with E-state index in [0.717, 1.165) is 19.3 Å². The molecular weight excluding hydrogens is 715 g/mol. The van der Waals surface area contributed by atoms with Crippen molar-refractivity contribution >= 4 is 40.5 Å². The van der Waals surface area contributed by atoms with E-state index in [1.807, 2.05) is 27.7 Å². The minimum Gasteiger partial charge on any atom is -0.379 e.